The van der Waals surface area contributed by atoms with Crippen molar-refractivity contribution in [3.05, 3.63) is 11.6 Å². The van der Waals surface area contributed by atoms with Crippen LogP contribution in [0.4, 0.5) is 0 Å². The smallest absolute Gasteiger partial charge is 0.319 e. The van der Waals surface area contributed by atoms with Crippen LogP contribution in [0.3, 0.4) is 0 Å². The summed E-state index contributed by atoms with van der Waals surface area (Å²) in [5, 5.41) is 3.02. The average Bonchev–Trinajstić information content (AvgIpc) is 2.10. The second kappa shape index (κ2) is 7.82. The predicted molar refractivity (Wildman–Crippen MR) is 57.7 cm³/mol. The number of ether oxygens (including phenoxy) is 1. The Bertz CT molecular complexity index is 163. The van der Waals surface area contributed by atoms with Crippen LogP contribution < -0.4 is 5.32 Å². The lowest BCUT2D eigenvalue weighted by Gasteiger charge is -2.06. The number of hydrogen-bond donors (Lipinski definition) is 1. The fourth-order valence-corrected chi connectivity index (χ4v) is 1.20. The molecule has 0 aliphatic rings. The minimum atomic E-state index is -0.210. The van der Waals surface area contributed by atoms with E-state index in [4.69, 9.17) is 11.6 Å². The number of carbonyl (C=O) groups excluding carboxylic acids is 1. The van der Waals surface area contributed by atoms with Crippen LogP contribution in [0.15, 0.2) is 11.6 Å². The van der Waals surface area contributed by atoms with E-state index in [1.807, 2.05) is 22.6 Å². The van der Waals surface area contributed by atoms with Gasteiger partial charge in [0.25, 0.3) is 0 Å². The topological polar surface area (TPSA) is 38.3 Å². The highest BCUT2D eigenvalue weighted by Gasteiger charge is 2.13. The molecule has 0 saturated carbocycles. The lowest BCUT2D eigenvalue weighted by Crippen LogP contribution is -2.29. The minimum absolute atomic E-state index is 0.142. The van der Waals surface area contributed by atoms with E-state index >= 15 is 0 Å². The summed E-state index contributed by atoms with van der Waals surface area (Å²) in [7, 11) is 1.38. The summed E-state index contributed by atoms with van der Waals surface area (Å²) in [6.07, 6.45) is 1.77. The van der Waals surface area contributed by atoms with E-state index in [2.05, 4.69) is 10.1 Å². The number of alkyl halides is 1. The van der Waals surface area contributed by atoms with Crippen LogP contribution in [0.25, 0.3) is 0 Å². The first kappa shape index (κ1) is 12.2. The predicted octanol–water partition coefficient (Wildman–Crippen LogP) is 1.31. The molecule has 0 fully saturated rings. The fraction of sp³-hybridized carbons (Fsp3) is 0.571. The third-order valence-electron chi connectivity index (χ3n) is 1.13. The van der Waals surface area contributed by atoms with Crippen molar-refractivity contribution in [3.8, 4) is 0 Å². The van der Waals surface area contributed by atoms with Crippen LogP contribution in [0, 0.1) is 0 Å². The largest absolute Gasteiger partial charge is 0.468 e. The second-order valence-corrected chi connectivity index (χ2v) is 3.77. The fourth-order valence-electron chi connectivity index (χ4n) is 0.549. The zero-order chi connectivity index (χ0) is 9.40. The first-order valence-corrected chi connectivity index (χ1v) is 5.08. The van der Waals surface area contributed by atoms with Crippen molar-refractivity contribution in [1.82, 2.24) is 5.32 Å². The lowest BCUT2D eigenvalue weighted by molar-refractivity contribution is -0.139. The summed E-state index contributed by atoms with van der Waals surface area (Å²) >= 11 is 7.32. The number of esters is 1. The van der Waals surface area contributed by atoms with Crippen LogP contribution in [0.1, 0.15) is 0 Å². The molecule has 0 aliphatic heterocycles. The van der Waals surface area contributed by atoms with Crippen LogP contribution in [-0.2, 0) is 9.53 Å². The molecule has 12 heavy (non-hydrogen) atoms. The van der Waals surface area contributed by atoms with Gasteiger partial charge in [-0.05, 0) is 0 Å². The summed E-state index contributed by atoms with van der Waals surface area (Å²) in [6, 6.07) is 0. The van der Waals surface area contributed by atoms with E-state index in [9.17, 15) is 4.79 Å². The molecular weight excluding hydrogens is 292 g/mol. The van der Waals surface area contributed by atoms with Crippen LogP contribution >= 0.6 is 34.2 Å². The van der Waals surface area contributed by atoms with Crippen LogP contribution in [-0.4, -0.2) is 30.1 Å². The first-order chi connectivity index (χ1) is 5.72. The Morgan fingerprint density at radius 3 is 3.00 bits per heavy atom. The van der Waals surface area contributed by atoms with Gasteiger partial charge in [0, 0.05) is 18.6 Å². The zero-order valence-electron chi connectivity index (χ0n) is 6.72. The molecule has 0 radical (unpaired) electrons. The molecule has 70 valence electrons. The molecule has 0 saturated heterocycles. The number of rotatable bonds is 5. The number of methoxy groups -OCH3 is 1. The summed E-state index contributed by atoms with van der Waals surface area (Å²) in [4.78, 5) is 10.9. The van der Waals surface area contributed by atoms with E-state index in [1.165, 1.54) is 12.6 Å². The Hall–Kier alpha value is 0.190. The SMILES string of the molecule is COC(=O)C(I)CNC/C=C/Cl. The number of halogens is 2. The Balaban J connectivity index is 3.43. The lowest BCUT2D eigenvalue weighted by atomic mass is 10.4. The highest BCUT2D eigenvalue weighted by molar-refractivity contribution is 14.1. The van der Waals surface area contributed by atoms with Gasteiger partial charge in [-0.1, -0.05) is 40.3 Å². The molecule has 1 unspecified atom stereocenters. The molecule has 3 nitrogen and oxygen atoms in total. The van der Waals surface area contributed by atoms with E-state index in [-0.39, 0.29) is 9.89 Å². The Kier molecular flexibility index (Phi) is 7.94. The van der Waals surface area contributed by atoms with Gasteiger partial charge in [0.15, 0.2) is 0 Å². The molecule has 1 N–H and O–H groups in total. The Labute approximate surface area is 90.6 Å². The molecule has 0 aromatic heterocycles. The third-order valence-corrected chi connectivity index (χ3v) is 2.26. The molecule has 1 atom stereocenters. The summed E-state index contributed by atoms with van der Waals surface area (Å²) in [5.74, 6) is -0.210. The van der Waals surface area contributed by atoms with Gasteiger partial charge in [0.2, 0.25) is 0 Å². The highest BCUT2D eigenvalue weighted by atomic mass is 127. The minimum Gasteiger partial charge on any atom is -0.468 e. The molecule has 0 rings (SSSR count). The molecule has 0 aliphatic carbocycles. The van der Waals surface area contributed by atoms with Gasteiger partial charge in [-0.15, -0.1) is 0 Å². The normalized spacial score (nSPS) is 13.2. The molecule has 0 spiro atoms. The van der Waals surface area contributed by atoms with Crippen molar-refractivity contribution >= 4 is 40.2 Å². The second-order valence-electron chi connectivity index (χ2n) is 2.01. The van der Waals surface area contributed by atoms with Gasteiger partial charge in [-0.25, -0.2) is 0 Å². The number of nitrogens with one attached hydrogen (secondary N) is 1. The molecule has 5 heteroatoms. The quantitative estimate of drug-likeness (QED) is 0.360. The van der Waals surface area contributed by atoms with Crippen LogP contribution in [0.2, 0.25) is 0 Å². The van der Waals surface area contributed by atoms with E-state index in [1.54, 1.807) is 6.08 Å². The average molecular weight is 304 g/mol. The Morgan fingerprint density at radius 1 is 1.83 bits per heavy atom. The first-order valence-electron chi connectivity index (χ1n) is 3.40. The molecule has 0 heterocycles. The van der Waals surface area contributed by atoms with Gasteiger partial charge in [-0.3, -0.25) is 4.79 Å². The summed E-state index contributed by atoms with van der Waals surface area (Å²) < 4.78 is 4.40. The van der Waals surface area contributed by atoms with Crippen molar-refractivity contribution in [2.75, 3.05) is 20.2 Å². The number of hydrogen-bond acceptors (Lipinski definition) is 3. The van der Waals surface area contributed by atoms with E-state index in [0.717, 1.165) is 0 Å². The maximum Gasteiger partial charge on any atom is 0.319 e. The maximum atomic E-state index is 10.9. The third kappa shape index (κ3) is 5.79. The molecule has 0 bridgehead atoms. The van der Waals surface area contributed by atoms with Crippen molar-refractivity contribution in [2.24, 2.45) is 0 Å². The van der Waals surface area contributed by atoms with E-state index in [0.29, 0.717) is 13.1 Å². The van der Waals surface area contributed by atoms with Crippen LogP contribution in [0.5, 0.6) is 0 Å². The van der Waals surface area contributed by atoms with Gasteiger partial charge in [-0.2, -0.15) is 0 Å². The number of carbonyl (C=O) groups is 1. The van der Waals surface area contributed by atoms with Crippen molar-refractivity contribution in [2.45, 2.75) is 3.92 Å². The van der Waals surface area contributed by atoms with Gasteiger partial charge < -0.3 is 10.1 Å². The van der Waals surface area contributed by atoms with Crippen molar-refractivity contribution in [1.29, 1.82) is 0 Å². The molecule has 0 aromatic carbocycles. The maximum absolute atomic E-state index is 10.9. The molecular formula is C7H11ClINO2. The molecule has 0 aromatic rings. The summed E-state index contributed by atoms with van der Waals surface area (Å²) in [5.41, 5.74) is 1.44. The summed E-state index contributed by atoms with van der Waals surface area (Å²) in [6.45, 7) is 1.26. The van der Waals surface area contributed by atoms with Gasteiger partial charge >= 0.3 is 5.97 Å². The van der Waals surface area contributed by atoms with Crippen molar-refractivity contribution in [3.63, 3.8) is 0 Å². The Morgan fingerprint density at radius 2 is 2.50 bits per heavy atom. The van der Waals surface area contributed by atoms with Gasteiger partial charge in [0.1, 0.15) is 3.92 Å². The standard InChI is InChI=1S/C7H11ClINO2/c1-12-7(11)6(9)5-10-4-2-3-8/h2-3,6,10H,4-5H2,1H3/b3-2+. The van der Waals surface area contributed by atoms with E-state index < -0.39 is 0 Å². The van der Waals surface area contributed by atoms with Crippen molar-refractivity contribution < 1.29 is 9.53 Å². The monoisotopic (exact) mass is 303 g/mol. The zero-order valence-corrected chi connectivity index (χ0v) is 9.63. The highest BCUT2D eigenvalue weighted by Crippen LogP contribution is 2.00. The molecule has 0 amide bonds. The van der Waals surface area contributed by atoms with Gasteiger partial charge in [0.05, 0.1) is 7.11 Å².